The van der Waals surface area contributed by atoms with Gasteiger partial charge < -0.3 is 9.47 Å². The summed E-state index contributed by atoms with van der Waals surface area (Å²) in [4.78, 5) is 7.28. The third-order valence-electron chi connectivity index (χ3n) is 5.04. The Labute approximate surface area is 176 Å². The fraction of sp³-hybridized carbons (Fsp3) is 0.286. The fourth-order valence-electron chi connectivity index (χ4n) is 3.50. The van der Waals surface area contributed by atoms with E-state index in [1.165, 1.54) is 17.6 Å². The SMILES string of the molecule is CCN(CC)CCn1c2ccccc2n2cc(-c3ccc(F)cc3)nc12.Cl.Cl. The van der Waals surface area contributed by atoms with E-state index in [4.69, 9.17) is 4.98 Å². The molecule has 0 bridgehead atoms. The van der Waals surface area contributed by atoms with Crippen LogP contribution in [0.4, 0.5) is 4.39 Å². The highest BCUT2D eigenvalue weighted by molar-refractivity contribution is 5.85. The Hall–Kier alpha value is -2.08. The number of para-hydroxylation sites is 2. The average molecular weight is 423 g/mol. The summed E-state index contributed by atoms with van der Waals surface area (Å²) in [7, 11) is 0. The minimum absolute atomic E-state index is 0. The third kappa shape index (κ3) is 4.02. The van der Waals surface area contributed by atoms with E-state index in [2.05, 4.69) is 45.9 Å². The maximum absolute atomic E-state index is 13.2. The van der Waals surface area contributed by atoms with Gasteiger partial charge in [-0.1, -0.05) is 26.0 Å². The van der Waals surface area contributed by atoms with E-state index in [9.17, 15) is 4.39 Å². The Balaban J connectivity index is 0.00000140. The molecule has 0 amide bonds. The molecule has 7 heteroatoms. The summed E-state index contributed by atoms with van der Waals surface area (Å²) >= 11 is 0. The van der Waals surface area contributed by atoms with Crippen molar-refractivity contribution in [1.29, 1.82) is 0 Å². The maximum Gasteiger partial charge on any atom is 0.215 e. The van der Waals surface area contributed by atoms with E-state index in [0.717, 1.165) is 48.7 Å². The number of aromatic nitrogens is 3. The van der Waals surface area contributed by atoms with Crippen LogP contribution in [0.3, 0.4) is 0 Å². The van der Waals surface area contributed by atoms with Gasteiger partial charge in [-0.2, -0.15) is 0 Å². The molecule has 0 aliphatic heterocycles. The van der Waals surface area contributed by atoms with Crippen LogP contribution in [0.2, 0.25) is 0 Å². The number of hydrogen-bond donors (Lipinski definition) is 0. The zero-order chi connectivity index (χ0) is 18.1. The molecule has 0 aliphatic carbocycles. The van der Waals surface area contributed by atoms with Crippen LogP contribution in [0.15, 0.2) is 54.7 Å². The summed E-state index contributed by atoms with van der Waals surface area (Å²) in [5.41, 5.74) is 4.12. The smallest absolute Gasteiger partial charge is 0.215 e. The van der Waals surface area contributed by atoms with Crippen molar-refractivity contribution in [3.05, 3.63) is 60.5 Å². The number of benzene rings is 2. The van der Waals surface area contributed by atoms with Gasteiger partial charge in [0, 0.05) is 24.8 Å². The molecule has 0 fully saturated rings. The van der Waals surface area contributed by atoms with E-state index < -0.39 is 0 Å². The summed E-state index contributed by atoms with van der Waals surface area (Å²) in [5, 5.41) is 0. The van der Waals surface area contributed by atoms with E-state index in [1.54, 1.807) is 12.1 Å². The highest BCUT2D eigenvalue weighted by atomic mass is 35.5. The van der Waals surface area contributed by atoms with Gasteiger partial charge >= 0.3 is 0 Å². The van der Waals surface area contributed by atoms with E-state index >= 15 is 0 Å². The van der Waals surface area contributed by atoms with Crippen molar-refractivity contribution in [3.8, 4) is 11.3 Å². The van der Waals surface area contributed by atoms with Crippen LogP contribution < -0.4 is 0 Å². The Morgan fingerprint density at radius 2 is 1.57 bits per heavy atom. The lowest BCUT2D eigenvalue weighted by Crippen LogP contribution is -2.27. The molecule has 0 saturated carbocycles. The minimum atomic E-state index is -0.230. The van der Waals surface area contributed by atoms with Crippen molar-refractivity contribution >= 4 is 41.6 Å². The van der Waals surface area contributed by atoms with Gasteiger partial charge in [0.1, 0.15) is 5.82 Å². The molecule has 4 nitrogen and oxygen atoms in total. The lowest BCUT2D eigenvalue weighted by Gasteiger charge is -2.18. The molecule has 4 aromatic rings. The molecule has 0 spiro atoms. The number of imidazole rings is 2. The highest BCUT2D eigenvalue weighted by Gasteiger charge is 2.15. The van der Waals surface area contributed by atoms with Crippen molar-refractivity contribution < 1.29 is 4.39 Å². The second kappa shape index (κ2) is 9.41. The van der Waals surface area contributed by atoms with Crippen molar-refractivity contribution in [3.63, 3.8) is 0 Å². The Kier molecular flexibility index (Phi) is 7.47. The molecule has 0 atom stereocenters. The number of nitrogens with zero attached hydrogens (tertiary/aromatic N) is 4. The highest BCUT2D eigenvalue weighted by Crippen LogP contribution is 2.25. The predicted octanol–water partition coefficient (Wildman–Crippen LogP) is 5.28. The van der Waals surface area contributed by atoms with Gasteiger partial charge in [-0.05, 0) is 49.5 Å². The van der Waals surface area contributed by atoms with Crippen molar-refractivity contribution in [1.82, 2.24) is 18.9 Å². The molecule has 0 aliphatic rings. The number of halogens is 3. The van der Waals surface area contributed by atoms with E-state index in [-0.39, 0.29) is 30.6 Å². The molecular formula is C21H25Cl2FN4. The predicted molar refractivity (Wildman–Crippen MR) is 118 cm³/mol. The number of likely N-dealkylation sites (N-methyl/N-ethyl adjacent to an activating group) is 1. The minimum Gasteiger partial charge on any atom is -0.308 e. The summed E-state index contributed by atoms with van der Waals surface area (Å²) in [6, 6.07) is 14.9. The quantitative estimate of drug-likeness (QED) is 0.422. The molecule has 0 saturated heterocycles. The first-order chi connectivity index (χ1) is 12.7. The molecule has 0 unspecified atom stereocenters. The van der Waals surface area contributed by atoms with Crippen LogP contribution >= 0.6 is 24.8 Å². The Morgan fingerprint density at radius 1 is 0.929 bits per heavy atom. The first-order valence-electron chi connectivity index (χ1n) is 9.16. The lowest BCUT2D eigenvalue weighted by atomic mass is 10.2. The van der Waals surface area contributed by atoms with Crippen molar-refractivity contribution in [2.45, 2.75) is 20.4 Å². The van der Waals surface area contributed by atoms with E-state index in [1.807, 2.05) is 12.3 Å². The second-order valence-electron chi connectivity index (χ2n) is 6.47. The molecule has 2 heterocycles. The van der Waals surface area contributed by atoms with Gasteiger partial charge in [-0.25, -0.2) is 9.37 Å². The summed E-state index contributed by atoms with van der Waals surface area (Å²) in [5.74, 6) is 0.698. The number of rotatable bonds is 6. The molecule has 2 aromatic heterocycles. The molecular weight excluding hydrogens is 398 g/mol. The van der Waals surface area contributed by atoms with Crippen LogP contribution in [0.25, 0.3) is 28.1 Å². The van der Waals surface area contributed by atoms with E-state index in [0.29, 0.717) is 0 Å². The normalized spacial score (nSPS) is 11.0. The number of fused-ring (bicyclic) bond motifs is 3. The fourth-order valence-corrected chi connectivity index (χ4v) is 3.50. The van der Waals surface area contributed by atoms with Gasteiger partial charge in [-0.3, -0.25) is 4.40 Å². The molecule has 4 rings (SSSR count). The zero-order valence-electron chi connectivity index (χ0n) is 16.0. The van der Waals surface area contributed by atoms with Crippen LogP contribution in [0.1, 0.15) is 13.8 Å². The largest absolute Gasteiger partial charge is 0.308 e. The van der Waals surface area contributed by atoms with Crippen LogP contribution in [0, 0.1) is 5.82 Å². The van der Waals surface area contributed by atoms with Crippen molar-refractivity contribution in [2.24, 2.45) is 0 Å². The standard InChI is InChI=1S/C21H23FN4.2ClH/c1-3-24(4-2)13-14-25-19-7-5-6-8-20(19)26-15-18(23-21(25)26)16-9-11-17(22)12-10-16;;/h5-12,15H,3-4,13-14H2,1-2H3;2*1H. The Morgan fingerprint density at radius 3 is 2.21 bits per heavy atom. The molecule has 2 aromatic carbocycles. The van der Waals surface area contributed by atoms with Crippen LogP contribution in [-0.2, 0) is 6.54 Å². The summed E-state index contributed by atoms with van der Waals surface area (Å²) in [6.45, 7) is 8.34. The lowest BCUT2D eigenvalue weighted by molar-refractivity contribution is 0.293. The van der Waals surface area contributed by atoms with Crippen LogP contribution in [0.5, 0.6) is 0 Å². The molecule has 0 N–H and O–H groups in total. The molecule has 0 radical (unpaired) electrons. The monoisotopic (exact) mass is 422 g/mol. The van der Waals surface area contributed by atoms with Gasteiger partial charge in [0.05, 0.1) is 16.7 Å². The number of hydrogen-bond acceptors (Lipinski definition) is 2. The molecule has 150 valence electrons. The first-order valence-corrected chi connectivity index (χ1v) is 9.16. The van der Waals surface area contributed by atoms with Gasteiger partial charge in [0.2, 0.25) is 5.78 Å². The van der Waals surface area contributed by atoms with Crippen LogP contribution in [-0.4, -0.2) is 38.5 Å². The van der Waals surface area contributed by atoms with Gasteiger partial charge in [0.15, 0.2) is 0 Å². The third-order valence-corrected chi connectivity index (χ3v) is 5.04. The molecule has 28 heavy (non-hydrogen) atoms. The second-order valence-corrected chi connectivity index (χ2v) is 6.47. The maximum atomic E-state index is 13.2. The Bertz CT molecular complexity index is 1040. The first kappa shape index (κ1) is 22.2. The summed E-state index contributed by atoms with van der Waals surface area (Å²) < 4.78 is 17.6. The average Bonchev–Trinajstić information content (AvgIpc) is 3.22. The van der Waals surface area contributed by atoms with Crippen molar-refractivity contribution in [2.75, 3.05) is 19.6 Å². The summed E-state index contributed by atoms with van der Waals surface area (Å²) in [6.07, 6.45) is 2.04. The van der Waals surface area contributed by atoms with Gasteiger partial charge in [-0.15, -0.1) is 24.8 Å². The topological polar surface area (TPSA) is 25.5 Å². The van der Waals surface area contributed by atoms with Gasteiger partial charge in [0.25, 0.3) is 0 Å². The zero-order valence-corrected chi connectivity index (χ0v) is 17.6.